The largest absolute Gasteiger partial charge is 0.0723 e. The van der Waals surface area contributed by atoms with Crippen LogP contribution in [0.4, 0.5) is 0 Å². The van der Waals surface area contributed by atoms with Gasteiger partial charge in [-0.25, -0.2) is 0 Å². The second kappa shape index (κ2) is 7.59. The van der Waals surface area contributed by atoms with Gasteiger partial charge in [-0.15, -0.1) is 0 Å². The molecule has 0 heterocycles. The van der Waals surface area contributed by atoms with Crippen LogP contribution >= 0.6 is 0 Å². The Kier molecular flexibility index (Phi) is 5.34. The van der Waals surface area contributed by atoms with Crippen molar-refractivity contribution >= 4 is 16.3 Å². The molecule has 0 heteroatoms. The number of benzene rings is 2. The zero-order chi connectivity index (χ0) is 26.6. The molecule has 0 spiro atoms. The topological polar surface area (TPSA) is 0 Å². The van der Waals surface area contributed by atoms with Gasteiger partial charge in [-0.2, -0.15) is 0 Å². The highest BCUT2D eigenvalue weighted by atomic mass is 14.4. The Hall–Kier alpha value is -2.34. The molecule has 0 fully saturated rings. The van der Waals surface area contributed by atoms with Crippen LogP contribution in [0, 0.1) is 16.7 Å². The molecular weight excluding hydrogens is 432 g/mol. The summed E-state index contributed by atoms with van der Waals surface area (Å²) < 4.78 is 0. The van der Waals surface area contributed by atoms with E-state index in [9.17, 15) is 0 Å². The summed E-state index contributed by atoms with van der Waals surface area (Å²) in [4.78, 5) is 0. The Labute approximate surface area is 220 Å². The molecule has 5 rings (SSSR count). The lowest BCUT2D eigenvalue weighted by Gasteiger charge is -2.43. The highest BCUT2D eigenvalue weighted by molar-refractivity contribution is 6.02. The summed E-state index contributed by atoms with van der Waals surface area (Å²) in [5.74, 6) is 0.768. The lowest BCUT2D eigenvalue weighted by atomic mass is 9.60. The predicted molar refractivity (Wildman–Crippen MR) is 159 cm³/mol. The van der Waals surface area contributed by atoms with Crippen molar-refractivity contribution in [1.82, 2.24) is 0 Å². The molecule has 3 aliphatic rings. The van der Waals surface area contributed by atoms with Gasteiger partial charge in [0, 0.05) is 11.8 Å². The lowest BCUT2D eigenvalue weighted by molar-refractivity contribution is 0.495. The molecule has 2 unspecified atom stereocenters. The number of rotatable bonds is 0. The van der Waals surface area contributed by atoms with Crippen molar-refractivity contribution < 1.29 is 0 Å². The summed E-state index contributed by atoms with van der Waals surface area (Å²) in [7, 11) is 0. The monoisotopic (exact) mass is 478 g/mol. The number of hydrogen-bond acceptors (Lipinski definition) is 0. The number of allylic oxidation sites excluding steroid dienone is 8. The van der Waals surface area contributed by atoms with Gasteiger partial charge in [0.1, 0.15) is 0 Å². The van der Waals surface area contributed by atoms with Crippen LogP contribution in [0.15, 0.2) is 65.3 Å². The van der Waals surface area contributed by atoms with Crippen molar-refractivity contribution in [3.63, 3.8) is 0 Å². The van der Waals surface area contributed by atoms with E-state index in [1.165, 1.54) is 55.3 Å². The fraction of sp³-hybridized carbons (Fsp3) is 0.500. The molecule has 0 N–H and O–H groups in total. The van der Waals surface area contributed by atoms with Gasteiger partial charge in [-0.1, -0.05) is 132 Å². The van der Waals surface area contributed by atoms with Crippen LogP contribution in [0.1, 0.15) is 111 Å². The minimum atomic E-state index is 0.0991. The molecule has 0 saturated carbocycles. The number of hydrogen-bond donors (Lipinski definition) is 0. The quantitative estimate of drug-likeness (QED) is 0.353. The zero-order valence-corrected chi connectivity index (χ0v) is 24.8. The predicted octanol–water partition coefficient (Wildman–Crippen LogP) is 10.4. The van der Waals surface area contributed by atoms with Crippen LogP contribution in [0.2, 0.25) is 0 Å². The molecule has 190 valence electrons. The first-order valence-electron chi connectivity index (χ1n) is 13.9. The third-order valence-electron chi connectivity index (χ3n) is 8.58. The summed E-state index contributed by atoms with van der Waals surface area (Å²) in [6, 6.07) is 10.0. The summed E-state index contributed by atoms with van der Waals surface area (Å²) in [5, 5.41) is 2.89. The highest BCUT2D eigenvalue weighted by Crippen LogP contribution is 2.57. The first-order chi connectivity index (χ1) is 16.4. The molecule has 0 amide bonds. The molecular formula is C36H46. The fourth-order valence-electron chi connectivity index (χ4n) is 6.12. The highest BCUT2D eigenvalue weighted by Gasteiger charge is 2.41. The number of fused-ring (bicyclic) bond motifs is 2. The van der Waals surface area contributed by atoms with Gasteiger partial charge in [0.15, 0.2) is 0 Å². The van der Waals surface area contributed by atoms with E-state index >= 15 is 0 Å². The van der Waals surface area contributed by atoms with Gasteiger partial charge in [0.2, 0.25) is 0 Å². The molecule has 36 heavy (non-hydrogen) atoms. The third-order valence-corrected chi connectivity index (χ3v) is 8.58. The van der Waals surface area contributed by atoms with Crippen molar-refractivity contribution in [3.05, 3.63) is 87.5 Å². The molecule has 2 aromatic rings. The van der Waals surface area contributed by atoms with Crippen LogP contribution < -0.4 is 0 Å². The minimum absolute atomic E-state index is 0.0991. The smallest absolute Gasteiger partial charge is 0.0200 e. The van der Waals surface area contributed by atoms with Crippen molar-refractivity contribution in [2.75, 3.05) is 0 Å². The van der Waals surface area contributed by atoms with Gasteiger partial charge in [0.25, 0.3) is 0 Å². The Bertz CT molecular complexity index is 1380. The Morgan fingerprint density at radius 2 is 1.11 bits per heavy atom. The molecule has 2 atom stereocenters. The van der Waals surface area contributed by atoms with Gasteiger partial charge >= 0.3 is 0 Å². The molecule has 0 nitrogen and oxygen atoms in total. The average molecular weight is 479 g/mol. The zero-order valence-electron chi connectivity index (χ0n) is 24.8. The second-order valence-electron chi connectivity index (χ2n) is 15.7. The molecule has 0 radical (unpaired) electrons. The van der Waals surface area contributed by atoms with Crippen molar-refractivity contribution in [2.24, 2.45) is 16.7 Å². The SMILES string of the molecule is CC(C)(C)C1=CC2=CC(C(C)(C)C)=CC3c4cc(C(C)(C)C)cc5cc(C(C)(C)C)cc(c45)C(=C1)C23. The first kappa shape index (κ1) is 25.3. The van der Waals surface area contributed by atoms with Crippen LogP contribution in [0.3, 0.4) is 0 Å². The maximum atomic E-state index is 2.61. The van der Waals surface area contributed by atoms with Gasteiger partial charge in [0.05, 0.1) is 0 Å². The molecule has 0 bridgehead atoms. The fourth-order valence-corrected chi connectivity index (χ4v) is 6.12. The lowest BCUT2D eigenvalue weighted by Crippen LogP contribution is -2.29. The van der Waals surface area contributed by atoms with E-state index < -0.39 is 0 Å². The third kappa shape index (κ3) is 4.06. The van der Waals surface area contributed by atoms with E-state index in [0.29, 0.717) is 11.8 Å². The van der Waals surface area contributed by atoms with Crippen molar-refractivity contribution in [1.29, 1.82) is 0 Å². The summed E-state index contributed by atoms with van der Waals surface area (Å²) in [5.41, 5.74) is 12.2. The van der Waals surface area contributed by atoms with Crippen LogP contribution in [-0.2, 0) is 10.8 Å². The molecule has 0 aliphatic heterocycles. The molecule has 3 aliphatic carbocycles. The van der Waals surface area contributed by atoms with Crippen LogP contribution in [-0.4, -0.2) is 0 Å². The Balaban J connectivity index is 1.94. The van der Waals surface area contributed by atoms with E-state index in [1.54, 1.807) is 0 Å². The van der Waals surface area contributed by atoms with Crippen LogP contribution in [0.25, 0.3) is 16.3 Å². The molecule has 0 saturated heterocycles. The van der Waals surface area contributed by atoms with Gasteiger partial charge in [-0.3, -0.25) is 0 Å². The van der Waals surface area contributed by atoms with Crippen molar-refractivity contribution in [2.45, 2.75) is 99.8 Å². The minimum Gasteiger partial charge on any atom is -0.0723 e. The van der Waals surface area contributed by atoms with E-state index in [0.717, 1.165) is 0 Å². The maximum Gasteiger partial charge on any atom is 0.0200 e. The van der Waals surface area contributed by atoms with Gasteiger partial charge in [-0.05, 0) is 77.0 Å². The maximum absolute atomic E-state index is 2.61. The summed E-state index contributed by atoms with van der Waals surface area (Å²) in [6.07, 6.45) is 10.2. The normalized spacial score (nSPS) is 22.0. The molecule has 0 aromatic heterocycles. The Morgan fingerprint density at radius 3 is 1.64 bits per heavy atom. The second-order valence-corrected chi connectivity index (χ2v) is 15.7. The van der Waals surface area contributed by atoms with Crippen molar-refractivity contribution in [3.8, 4) is 0 Å². The molecule has 2 aromatic carbocycles. The standard InChI is InChI=1S/C36H46/c1-33(2,3)23-13-21-14-24(34(4,5)6)19-29-30-20-26(36(10,11)12)16-22-15-25(35(7,8)9)18-28(32(22)30)27(17-23)31(21)29/h13-20,27,31H,1-12H3. The van der Waals surface area contributed by atoms with E-state index in [4.69, 9.17) is 0 Å². The Morgan fingerprint density at radius 1 is 0.556 bits per heavy atom. The first-order valence-corrected chi connectivity index (χ1v) is 13.9. The van der Waals surface area contributed by atoms with E-state index in [2.05, 4.69) is 132 Å². The average Bonchev–Trinajstić information content (AvgIpc) is 2.73. The summed E-state index contributed by atoms with van der Waals surface area (Å²) in [6.45, 7) is 28.2. The van der Waals surface area contributed by atoms with E-state index in [1.807, 2.05) is 0 Å². The van der Waals surface area contributed by atoms with Gasteiger partial charge < -0.3 is 0 Å². The van der Waals surface area contributed by atoms with E-state index in [-0.39, 0.29) is 21.7 Å². The summed E-state index contributed by atoms with van der Waals surface area (Å²) >= 11 is 0. The van der Waals surface area contributed by atoms with Crippen LogP contribution in [0.5, 0.6) is 0 Å².